The summed E-state index contributed by atoms with van der Waals surface area (Å²) in [5, 5.41) is 33.0. The summed E-state index contributed by atoms with van der Waals surface area (Å²) in [6.45, 7) is 7.91. The monoisotopic (exact) mass is 660 g/mol. The molecule has 39 heavy (non-hydrogen) atoms. The van der Waals surface area contributed by atoms with E-state index in [1.165, 1.54) is 13.2 Å². The number of carbonyl (C=O) groups is 2. The number of halogens is 1. The number of amides is 2. The highest BCUT2D eigenvalue weighted by atomic mass is 127. The topological polar surface area (TPSA) is 138 Å². The Morgan fingerprint density at radius 2 is 1.97 bits per heavy atom. The number of nitrogens with zero attached hydrogens (tertiary/aromatic N) is 1. The number of hydrogen-bond acceptors (Lipinski definition) is 8. The number of benzene rings is 1. The van der Waals surface area contributed by atoms with Crippen molar-refractivity contribution in [3.63, 3.8) is 0 Å². The molecule has 218 valence electrons. The van der Waals surface area contributed by atoms with E-state index in [1.807, 2.05) is 27.7 Å². The molecule has 0 fully saturated rings. The number of carbonyl (C=O) groups excluding carboxylic acids is 2. The van der Waals surface area contributed by atoms with E-state index in [1.54, 1.807) is 23.1 Å². The second kappa shape index (κ2) is 16.2. The molecular weight excluding hydrogens is 619 g/mol. The maximum Gasteiger partial charge on any atom is 0.247 e. The van der Waals surface area contributed by atoms with Crippen molar-refractivity contribution in [1.29, 1.82) is 0 Å². The van der Waals surface area contributed by atoms with Crippen LogP contribution in [0.3, 0.4) is 0 Å². The Morgan fingerprint density at radius 1 is 1.26 bits per heavy atom. The largest absolute Gasteiger partial charge is 0.493 e. The van der Waals surface area contributed by atoms with Gasteiger partial charge >= 0.3 is 0 Å². The minimum atomic E-state index is -1.17. The highest BCUT2D eigenvalue weighted by Crippen LogP contribution is 2.37. The number of aliphatic hydroxyl groups is 3. The van der Waals surface area contributed by atoms with Crippen molar-refractivity contribution >= 4 is 34.4 Å². The van der Waals surface area contributed by atoms with Crippen LogP contribution in [0.4, 0.5) is 0 Å². The van der Waals surface area contributed by atoms with Gasteiger partial charge in [0.1, 0.15) is 12.2 Å². The number of ether oxygens (including phenoxy) is 3. The molecule has 0 saturated carbocycles. The number of rotatable bonds is 14. The van der Waals surface area contributed by atoms with E-state index in [2.05, 4.69) is 27.9 Å². The summed E-state index contributed by atoms with van der Waals surface area (Å²) in [4.78, 5) is 27.9. The van der Waals surface area contributed by atoms with Crippen LogP contribution in [-0.4, -0.2) is 89.8 Å². The lowest BCUT2D eigenvalue weighted by Crippen LogP contribution is -2.55. The maximum absolute atomic E-state index is 13.3. The van der Waals surface area contributed by atoms with E-state index in [-0.39, 0.29) is 38.2 Å². The SMILES string of the molecule is COc1cc(CO)cc(I)c1OC1C=C(C(=O)NCCO)CC(N(CCCOC(C)C)C(=O)C=C(C)C)C1O. The molecule has 1 aliphatic carbocycles. The van der Waals surface area contributed by atoms with Crippen molar-refractivity contribution in [2.45, 2.75) is 71.5 Å². The minimum absolute atomic E-state index is 0.0458. The quantitative estimate of drug-likeness (QED) is 0.136. The van der Waals surface area contributed by atoms with E-state index in [4.69, 9.17) is 14.2 Å². The molecule has 10 nitrogen and oxygen atoms in total. The van der Waals surface area contributed by atoms with Gasteiger partial charge in [-0.1, -0.05) is 5.57 Å². The Morgan fingerprint density at radius 3 is 2.56 bits per heavy atom. The number of nitrogens with one attached hydrogen (secondary N) is 1. The molecule has 1 aliphatic rings. The first-order valence-electron chi connectivity index (χ1n) is 13.0. The van der Waals surface area contributed by atoms with Crippen LogP contribution >= 0.6 is 22.6 Å². The van der Waals surface area contributed by atoms with Crippen LogP contribution in [0.2, 0.25) is 0 Å². The van der Waals surface area contributed by atoms with Crippen LogP contribution in [0, 0.1) is 3.57 Å². The molecule has 1 aromatic rings. The Balaban J connectivity index is 2.48. The average molecular weight is 661 g/mol. The van der Waals surface area contributed by atoms with Gasteiger partial charge in [-0.2, -0.15) is 0 Å². The summed E-state index contributed by atoms with van der Waals surface area (Å²) >= 11 is 2.06. The summed E-state index contributed by atoms with van der Waals surface area (Å²) in [5.74, 6) is 0.0190. The molecule has 2 rings (SSSR count). The molecule has 0 aromatic heterocycles. The molecular formula is C28H41IN2O8. The standard InChI is InChI=1S/C28H41IN2O8/c1-17(2)11-25(34)31(8-6-10-38-18(3)4)22-14-20(28(36)30-7-9-32)15-23(26(22)35)39-27-21(29)12-19(16-33)13-24(27)37-5/h11-13,15,18,22-23,26,32-33,35H,6-10,14,16H2,1-5H3,(H,30,36). The zero-order valence-corrected chi connectivity index (χ0v) is 25.4. The molecule has 0 heterocycles. The average Bonchev–Trinajstić information content (AvgIpc) is 2.88. The Kier molecular flexibility index (Phi) is 13.7. The number of hydrogen-bond donors (Lipinski definition) is 4. The predicted molar refractivity (Wildman–Crippen MR) is 155 cm³/mol. The first kappa shape index (κ1) is 33.0. The van der Waals surface area contributed by atoms with Crippen molar-refractivity contribution in [3.05, 3.63) is 44.6 Å². The Labute approximate surface area is 244 Å². The van der Waals surface area contributed by atoms with Gasteiger partial charge in [0.15, 0.2) is 11.5 Å². The first-order chi connectivity index (χ1) is 18.5. The molecule has 0 bridgehead atoms. The van der Waals surface area contributed by atoms with Gasteiger partial charge in [-0.05, 0) is 80.5 Å². The van der Waals surface area contributed by atoms with Crippen molar-refractivity contribution < 1.29 is 39.1 Å². The van der Waals surface area contributed by atoms with Crippen LogP contribution in [0.5, 0.6) is 11.5 Å². The van der Waals surface area contributed by atoms with Crippen LogP contribution < -0.4 is 14.8 Å². The zero-order chi connectivity index (χ0) is 29.1. The van der Waals surface area contributed by atoms with Crippen LogP contribution in [0.15, 0.2) is 35.4 Å². The van der Waals surface area contributed by atoms with Gasteiger partial charge in [-0.25, -0.2) is 0 Å². The molecule has 4 N–H and O–H groups in total. The zero-order valence-electron chi connectivity index (χ0n) is 23.3. The molecule has 1 aromatic carbocycles. The first-order valence-corrected chi connectivity index (χ1v) is 14.1. The third kappa shape index (κ3) is 9.75. The van der Waals surface area contributed by atoms with Gasteiger partial charge in [-0.3, -0.25) is 9.59 Å². The van der Waals surface area contributed by atoms with Gasteiger partial charge in [0.2, 0.25) is 11.8 Å². The molecule has 11 heteroatoms. The fourth-order valence-corrected chi connectivity index (χ4v) is 5.01. The molecule has 3 unspecified atom stereocenters. The van der Waals surface area contributed by atoms with Crippen LogP contribution in [-0.2, 0) is 20.9 Å². The normalized spacial score (nSPS) is 18.8. The Hall–Kier alpha value is -2.19. The lowest BCUT2D eigenvalue weighted by molar-refractivity contribution is -0.134. The Bertz CT molecular complexity index is 1040. The van der Waals surface area contributed by atoms with E-state index in [0.29, 0.717) is 45.8 Å². The number of allylic oxidation sites excluding steroid dienone is 1. The third-order valence-corrected chi connectivity index (χ3v) is 6.83. The molecule has 0 spiro atoms. The van der Waals surface area contributed by atoms with E-state index in [0.717, 1.165) is 5.57 Å². The lowest BCUT2D eigenvalue weighted by Gasteiger charge is -2.40. The maximum atomic E-state index is 13.3. The molecule has 0 radical (unpaired) electrons. The summed E-state index contributed by atoms with van der Waals surface area (Å²) < 4.78 is 18.0. The van der Waals surface area contributed by atoms with Gasteiger partial charge < -0.3 is 39.7 Å². The predicted octanol–water partition coefficient (Wildman–Crippen LogP) is 2.32. The molecule has 0 aliphatic heterocycles. The minimum Gasteiger partial charge on any atom is -0.493 e. The highest BCUT2D eigenvalue weighted by Gasteiger charge is 2.40. The fourth-order valence-electron chi connectivity index (χ4n) is 4.22. The summed E-state index contributed by atoms with van der Waals surface area (Å²) in [6, 6.07) is 2.61. The summed E-state index contributed by atoms with van der Waals surface area (Å²) in [7, 11) is 1.47. The lowest BCUT2D eigenvalue weighted by atomic mass is 9.88. The van der Waals surface area contributed by atoms with Crippen molar-refractivity contribution in [3.8, 4) is 11.5 Å². The van der Waals surface area contributed by atoms with Crippen LogP contribution in [0.25, 0.3) is 0 Å². The smallest absolute Gasteiger partial charge is 0.247 e. The van der Waals surface area contributed by atoms with Crippen LogP contribution in [0.1, 0.15) is 46.1 Å². The fraction of sp³-hybridized carbons (Fsp3) is 0.571. The molecule has 2 amide bonds. The molecule has 0 saturated heterocycles. The number of aliphatic hydroxyl groups excluding tert-OH is 3. The summed E-state index contributed by atoms with van der Waals surface area (Å²) in [5.41, 5.74) is 1.77. The second-order valence-corrected chi connectivity index (χ2v) is 11.0. The molecule has 3 atom stereocenters. The van der Waals surface area contributed by atoms with Crippen molar-refractivity contribution in [2.75, 3.05) is 33.4 Å². The second-order valence-electron chi connectivity index (χ2n) is 9.81. The van der Waals surface area contributed by atoms with E-state index in [9.17, 15) is 24.9 Å². The highest BCUT2D eigenvalue weighted by molar-refractivity contribution is 14.1. The van der Waals surface area contributed by atoms with Gasteiger partial charge in [0.25, 0.3) is 0 Å². The third-order valence-electron chi connectivity index (χ3n) is 6.03. The van der Waals surface area contributed by atoms with Gasteiger partial charge in [0, 0.05) is 37.8 Å². The van der Waals surface area contributed by atoms with Gasteiger partial charge in [-0.15, -0.1) is 0 Å². The van der Waals surface area contributed by atoms with E-state index >= 15 is 0 Å². The van der Waals surface area contributed by atoms with Gasteiger partial charge in [0.05, 0.1) is 36.0 Å². The van der Waals surface area contributed by atoms with Crippen molar-refractivity contribution in [2.24, 2.45) is 0 Å². The van der Waals surface area contributed by atoms with E-state index < -0.39 is 24.2 Å². The van der Waals surface area contributed by atoms with Crippen molar-refractivity contribution in [1.82, 2.24) is 10.2 Å². The summed E-state index contributed by atoms with van der Waals surface area (Å²) in [6.07, 6.45) is 1.59. The number of methoxy groups -OCH3 is 1.